The van der Waals surface area contributed by atoms with Crippen molar-refractivity contribution in [3.63, 3.8) is 0 Å². The summed E-state index contributed by atoms with van der Waals surface area (Å²) in [6.45, 7) is 0.700. The molecule has 15 heavy (non-hydrogen) atoms. The van der Waals surface area contributed by atoms with Crippen molar-refractivity contribution < 1.29 is 0 Å². The molecular formula is C11H9Cl2NS. The van der Waals surface area contributed by atoms with E-state index < -0.39 is 0 Å². The molecule has 0 bridgehead atoms. The van der Waals surface area contributed by atoms with Gasteiger partial charge in [0.2, 0.25) is 0 Å². The van der Waals surface area contributed by atoms with Crippen LogP contribution in [-0.2, 0) is 6.54 Å². The van der Waals surface area contributed by atoms with Crippen molar-refractivity contribution in [2.45, 2.75) is 6.54 Å². The molecule has 1 N–H and O–H groups in total. The van der Waals surface area contributed by atoms with Gasteiger partial charge in [0.25, 0.3) is 0 Å². The van der Waals surface area contributed by atoms with Gasteiger partial charge >= 0.3 is 0 Å². The van der Waals surface area contributed by atoms with Gasteiger partial charge in [-0.1, -0.05) is 41.4 Å². The van der Waals surface area contributed by atoms with E-state index in [1.54, 1.807) is 0 Å². The molecule has 0 aliphatic carbocycles. The summed E-state index contributed by atoms with van der Waals surface area (Å²) in [5.41, 5.74) is 2.12. The summed E-state index contributed by atoms with van der Waals surface area (Å²) in [5, 5.41) is 3.28. The lowest BCUT2D eigenvalue weighted by atomic mass is 10.3. The Hall–Kier alpha value is -0.700. The van der Waals surface area contributed by atoms with Crippen LogP contribution >= 0.6 is 34.5 Å². The lowest BCUT2D eigenvalue weighted by Crippen LogP contribution is -1.97. The fourth-order valence-electron chi connectivity index (χ4n) is 1.25. The summed E-state index contributed by atoms with van der Waals surface area (Å²) in [6.07, 6.45) is 0. The molecule has 0 fully saturated rings. The van der Waals surface area contributed by atoms with Gasteiger partial charge in [0.1, 0.15) is 0 Å². The minimum Gasteiger partial charge on any atom is -0.381 e. The zero-order valence-corrected chi connectivity index (χ0v) is 10.2. The van der Waals surface area contributed by atoms with Crippen LogP contribution in [0.2, 0.25) is 8.67 Å². The van der Waals surface area contributed by atoms with Crippen molar-refractivity contribution in [3.8, 4) is 0 Å². The maximum atomic E-state index is 6.01. The van der Waals surface area contributed by atoms with Crippen LogP contribution in [0.25, 0.3) is 0 Å². The lowest BCUT2D eigenvalue weighted by Gasteiger charge is -2.04. The van der Waals surface area contributed by atoms with Crippen LogP contribution in [0.5, 0.6) is 0 Å². The molecule has 4 heteroatoms. The standard InChI is InChI=1S/C11H9Cl2NS/c12-10-6-8(11(13)15-10)7-14-9-4-2-1-3-5-9/h1-6,14H,7H2. The molecule has 0 saturated carbocycles. The number of nitrogens with one attached hydrogen (secondary N) is 1. The Kier molecular flexibility index (Phi) is 3.52. The van der Waals surface area contributed by atoms with Crippen LogP contribution in [-0.4, -0.2) is 0 Å². The van der Waals surface area contributed by atoms with Gasteiger partial charge in [0, 0.05) is 17.8 Å². The molecule has 1 nitrogen and oxygen atoms in total. The monoisotopic (exact) mass is 257 g/mol. The molecule has 0 saturated heterocycles. The Bertz CT molecular complexity index is 439. The number of benzene rings is 1. The normalized spacial score (nSPS) is 10.3. The third-order valence-corrected chi connectivity index (χ3v) is 3.55. The first kappa shape index (κ1) is 10.8. The largest absolute Gasteiger partial charge is 0.381 e. The first-order chi connectivity index (χ1) is 7.25. The molecule has 0 aliphatic rings. The fraction of sp³-hybridized carbons (Fsp3) is 0.0909. The fourth-order valence-corrected chi connectivity index (χ4v) is 2.74. The molecule has 0 aliphatic heterocycles. The summed E-state index contributed by atoms with van der Waals surface area (Å²) in [4.78, 5) is 0. The Morgan fingerprint density at radius 1 is 1.13 bits per heavy atom. The quantitative estimate of drug-likeness (QED) is 0.843. The molecule has 0 atom stereocenters. The van der Waals surface area contributed by atoms with Crippen LogP contribution in [0.15, 0.2) is 36.4 Å². The molecule has 0 unspecified atom stereocenters. The van der Waals surface area contributed by atoms with Gasteiger partial charge in [-0.15, -0.1) is 11.3 Å². The van der Waals surface area contributed by atoms with E-state index in [4.69, 9.17) is 23.2 Å². The van der Waals surface area contributed by atoms with Crippen LogP contribution < -0.4 is 5.32 Å². The van der Waals surface area contributed by atoms with E-state index in [1.165, 1.54) is 11.3 Å². The summed E-state index contributed by atoms with van der Waals surface area (Å²) in [7, 11) is 0. The molecule has 78 valence electrons. The number of hydrogen-bond acceptors (Lipinski definition) is 2. The molecule has 2 aromatic rings. The van der Waals surface area contributed by atoms with Gasteiger partial charge in [-0.3, -0.25) is 0 Å². The van der Waals surface area contributed by atoms with E-state index in [0.717, 1.165) is 19.9 Å². The van der Waals surface area contributed by atoms with Crippen molar-refractivity contribution in [1.29, 1.82) is 0 Å². The molecule has 1 heterocycles. The van der Waals surface area contributed by atoms with Crippen LogP contribution in [0.4, 0.5) is 5.69 Å². The van der Waals surface area contributed by atoms with Gasteiger partial charge in [0.15, 0.2) is 0 Å². The summed E-state index contributed by atoms with van der Waals surface area (Å²) in [6, 6.07) is 11.9. The second-order valence-electron chi connectivity index (χ2n) is 3.07. The highest BCUT2D eigenvalue weighted by Gasteiger charge is 2.04. The molecule has 1 aromatic heterocycles. The van der Waals surface area contributed by atoms with Crippen molar-refractivity contribution in [3.05, 3.63) is 50.6 Å². The average Bonchev–Trinajstić information content (AvgIpc) is 2.56. The van der Waals surface area contributed by atoms with Crippen LogP contribution in [0, 0.1) is 0 Å². The number of rotatable bonds is 3. The zero-order chi connectivity index (χ0) is 10.7. The molecule has 0 radical (unpaired) electrons. The van der Waals surface area contributed by atoms with Crippen molar-refractivity contribution in [2.75, 3.05) is 5.32 Å². The van der Waals surface area contributed by atoms with E-state index >= 15 is 0 Å². The van der Waals surface area contributed by atoms with Gasteiger partial charge in [-0.05, 0) is 18.2 Å². The van der Waals surface area contributed by atoms with Crippen LogP contribution in [0.1, 0.15) is 5.56 Å². The molecule has 0 spiro atoms. The molecule has 1 aromatic carbocycles. The number of thiophene rings is 1. The maximum absolute atomic E-state index is 6.01. The van der Waals surface area contributed by atoms with E-state index in [9.17, 15) is 0 Å². The second-order valence-corrected chi connectivity index (χ2v) is 5.35. The Labute approximate surface area is 103 Å². The summed E-state index contributed by atoms with van der Waals surface area (Å²) >= 11 is 13.3. The number of hydrogen-bond donors (Lipinski definition) is 1. The molecule has 2 rings (SSSR count). The smallest absolute Gasteiger partial charge is 0.0993 e. The van der Waals surface area contributed by atoms with Crippen LogP contribution in [0.3, 0.4) is 0 Å². The van der Waals surface area contributed by atoms with Gasteiger partial charge in [-0.25, -0.2) is 0 Å². The average molecular weight is 258 g/mol. The van der Waals surface area contributed by atoms with Gasteiger partial charge in [-0.2, -0.15) is 0 Å². The van der Waals surface area contributed by atoms with E-state index in [-0.39, 0.29) is 0 Å². The Morgan fingerprint density at radius 2 is 1.87 bits per heavy atom. The Balaban J connectivity index is 2.02. The number of para-hydroxylation sites is 1. The zero-order valence-electron chi connectivity index (χ0n) is 7.84. The highest BCUT2D eigenvalue weighted by atomic mass is 35.5. The topological polar surface area (TPSA) is 12.0 Å². The highest BCUT2D eigenvalue weighted by Crippen LogP contribution is 2.31. The highest BCUT2D eigenvalue weighted by molar-refractivity contribution is 7.20. The predicted octanol–water partition coefficient (Wildman–Crippen LogP) is 4.67. The first-order valence-electron chi connectivity index (χ1n) is 4.48. The number of anilines is 1. The first-order valence-corrected chi connectivity index (χ1v) is 6.05. The molecule has 0 amide bonds. The number of halogens is 2. The maximum Gasteiger partial charge on any atom is 0.0993 e. The second kappa shape index (κ2) is 4.88. The van der Waals surface area contributed by atoms with Crippen molar-refractivity contribution >= 4 is 40.2 Å². The van der Waals surface area contributed by atoms with E-state index in [0.29, 0.717) is 6.54 Å². The van der Waals surface area contributed by atoms with Crippen molar-refractivity contribution in [2.24, 2.45) is 0 Å². The third-order valence-electron chi connectivity index (χ3n) is 1.98. The Morgan fingerprint density at radius 3 is 2.47 bits per heavy atom. The summed E-state index contributed by atoms with van der Waals surface area (Å²) in [5.74, 6) is 0. The van der Waals surface area contributed by atoms with Gasteiger partial charge < -0.3 is 5.32 Å². The lowest BCUT2D eigenvalue weighted by molar-refractivity contribution is 1.16. The SMILES string of the molecule is Clc1cc(CNc2ccccc2)c(Cl)s1. The minimum atomic E-state index is 0.700. The van der Waals surface area contributed by atoms with Crippen molar-refractivity contribution in [1.82, 2.24) is 0 Å². The van der Waals surface area contributed by atoms with E-state index in [1.807, 2.05) is 36.4 Å². The predicted molar refractivity (Wildman–Crippen MR) is 68.1 cm³/mol. The van der Waals surface area contributed by atoms with E-state index in [2.05, 4.69) is 5.32 Å². The summed E-state index contributed by atoms with van der Waals surface area (Å²) < 4.78 is 1.48. The third kappa shape index (κ3) is 2.88. The molecular weight excluding hydrogens is 249 g/mol. The van der Waals surface area contributed by atoms with Gasteiger partial charge in [0.05, 0.1) is 8.67 Å². The minimum absolute atomic E-state index is 0.700.